The fraction of sp³-hybridized carbons (Fsp3) is 0.0625. The van der Waals surface area contributed by atoms with Crippen molar-refractivity contribution in [3.63, 3.8) is 0 Å². The highest BCUT2D eigenvalue weighted by Crippen LogP contribution is 2.31. The minimum atomic E-state index is -0.482. The molecule has 0 radical (unpaired) electrons. The Morgan fingerprint density at radius 2 is 1.95 bits per heavy atom. The van der Waals surface area contributed by atoms with E-state index >= 15 is 0 Å². The summed E-state index contributed by atoms with van der Waals surface area (Å²) in [7, 11) is 0. The number of rotatable bonds is 3. The van der Waals surface area contributed by atoms with E-state index in [1.165, 1.54) is 12.1 Å². The highest BCUT2D eigenvalue weighted by molar-refractivity contribution is 9.10. The van der Waals surface area contributed by atoms with Crippen LogP contribution in [0.2, 0.25) is 0 Å². The van der Waals surface area contributed by atoms with Crippen LogP contribution in [0.1, 0.15) is 5.69 Å². The first kappa shape index (κ1) is 14.0. The highest BCUT2D eigenvalue weighted by Gasteiger charge is 2.11. The monoisotopic (exact) mass is 347 g/mol. The number of benzene rings is 2. The second-order valence-electron chi connectivity index (χ2n) is 4.47. The number of aliphatic hydroxyl groups is 1. The van der Waals surface area contributed by atoms with Crippen molar-refractivity contribution in [2.75, 3.05) is 0 Å². The van der Waals surface area contributed by atoms with Gasteiger partial charge in [-0.05, 0) is 35.7 Å². The first-order valence-electron chi connectivity index (χ1n) is 6.30. The van der Waals surface area contributed by atoms with E-state index in [1.54, 1.807) is 12.1 Å². The van der Waals surface area contributed by atoms with Crippen molar-refractivity contribution in [3.8, 4) is 11.6 Å². The van der Waals surface area contributed by atoms with Crippen LogP contribution >= 0.6 is 15.9 Å². The zero-order chi connectivity index (χ0) is 14.8. The number of halogens is 2. The Bertz CT molecular complexity index is 807. The molecular weight excluding hydrogens is 337 g/mol. The van der Waals surface area contributed by atoms with E-state index in [0.29, 0.717) is 10.2 Å². The molecule has 3 nitrogen and oxygen atoms in total. The second kappa shape index (κ2) is 5.79. The number of hydrogen-bond acceptors (Lipinski definition) is 3. The van der Waals surface area contributed by atoms with Gasteiger partial charge in [0.05, 0.1) is 12.3 Å². The Kier molecular flexibility index (Phi) is 3.86. The minimum Gasteiger partial charge on any atom is -0.435 e. The molecule has 0 unspecified atom stereocenters. The summed E-state index contributed by atoms with van der Waals surface area (Å²) in [5.74, 6) is -0.117. The number of pyridine rings is 1. The number of aromatic nitrogens is 1. The van der Waals surface area contributed by atoms with E-state index < -0.39 is 5.82 Å². The molecule has 0 saturated heterocycles. The van der Waals surface area contributed by atoms with Crippen molar-refractivity contribution in [1.82, 2.24) is 4.98 Å². The van der Waals surface area contributed by atoms with Gasteiger partial charge in [0.2, 0.25) is 5.88 Å². The molecule has 2 aromatic carbocycles. The average Bonchev–Trinajstić information content (AvgIpc) is 2.49. The molecule has 0 atom stereocenters. The molecule has 5 heteroatoms. The summed E-state index contributed by atoms with van der Waals surface area (Å²) in [5, 5.41) is 10.9. The van der Waals surface area contributed by atoms with Gasteiger partial charge in [-0.3, -0.25) is 0 Å². The molecule has 106 valence electrons. The largest absolute Gasteiger partial charge is 0.435 e. The molecule has 0 aliphatic carbocycles. The first-order chi connectivity index (χ1) is 10.2. The molecular formula is C16H11BrFNO2. The Labute approximate surface area is 129 Å². The summed E-state index contributed by atoms with van der Waals surface area (Å²) in [6, 6.07) is 13.8. The van der Waals surface area contributed by atoms with Crippen LogP contribution < -0.4 is 4.74 Å². The van der Waals surface area contributed by atoms with Crippen molar-refractivity contribution >= 4 is 26.7 Å². The molecule has 1 aromatic heterocycles. The van der Waals surface area contributed by atoms with Crippen LogP contribution in [0.3, 0.4) is 0 Å². The van der Waals surface area contributed by atoms with Gasteiger partial charge >= 0.3 is 0 Å². The SMILES string of the molecule is OCc1cc2ccccc2c(Oc2ccc(Br)cc2F)n1. The third-order valence-electron chi connectivity index (χ3n) is 3.02. The molecule has 0 aliphatic heterocycles. The Morgan fingerprint density at radius 1 is 1.14 bits per heavy atom. The fourth-order valence-electron chi connectivity index (χ4n) is 2.04. The first-order valence-corrected chi connectivity index (χ1v) is 7.09. The number of ether oxygens (including phenoxy) is 1. The van der Waals surface area contributed by atoms with Crippen molar-refractivity contribution in [2.45, 2.75) is 6.61 Å². The van der Waals surface area contributed by atoms with Crippen LogP contribution in [0.5, 0.6) is 11.6 Å². The zero-order valence-electron chi connectivity index (χ0n) is 10.9. The smallest absolute Gasteiger partial charge is 0.227 e. The van der Waals surface area contributed by atoms with Gasteiger partial charge in [0.1, 0.15) is 0 Å². The molecule has 0 aliphatic rings. The summed E-state index contributed by atoms with van der Waals surface area (Å²) >= 11 is 3.20. The lowest BCUT2D eigenvalue weighted by atomic mass is 10.1. The lowest BCUT2D eigenvalue weighted by molar-refractivity contribution is 0.275. The predicted octanol–water partition coefficient (Wildman–Crippen LogP) is 4.42. The van der Waals surface area contributed by atoms with E-state index in [9.17, 15) is 9.50 Å². The van der Waals surface area contributed by atoms with Crippen molar-refractivity contribution in [1.29, 1.82) is 0 Å². The van der Waals surface area contributed by atoms with E-state index in [2.05, 4.69) is 20.9 Å². The number of fused-ring (bicyclic) bond motifs is 1. The van der Waals surface area contributed by atoms with Gasteiger partial charge in [0.25, 0.3) is 0 Å². The van der Waals surface area contributed by atoms with E-state index in [1.807, 2.05) is 24.3 Å². The van der Waals surface area contributed by atoms with Crippen LogP contribution in [-0.4, -0.2) is 10.1 Å². The summed E-state index contributed by atoms with van der Waals surface area (Å²) < 4.78 is 20.1. The Morgan fingerprint density at radius 3 is 2.71 bits per heavy atom. The summed E-state index contributed by atoms with van der Waals surface area (Å²) in [5.41, 5.74) is 0.473. The van der Waals surface area contributed by atoms with E-state index in [4.69, 9.17) is 4.74 Å². The maximum absolute atomic E-state index is 13.9. The van der Waals surface area contributed by atoms with Crippen LogP contribution in [-0.2, 0) is 6.61 Å². The van der Waals surface area contributed by atoms with Gasteiger partial charge in [-0.15, -0.1) is 0 Å². The zero-order valence-corrected chi connectivity index (χ0v) is 12.5. The summed E-state index contributed by atoms with van der Waals surface area (Å²) in [6.45, 7) is -0.204. The molecule has 0 fully saturated rings. The van der Waals surface area contributed by atoms with Gasteiger partial charge in [0, 0.05) is 9.86 Å². The molecule has 21 heavy (non-hydrogen) atoms. The van der Waals surface area contributed by atoms with Crippen LogP contribution in [0.25, 0.3) is 10.8 Å². The third-order valence-corrected chi connectivity index (χ3v) is 3.51. The lowest BCUT2D eigenvalue weighted by Crippen LogP contribution is -1.96. The molecule has 0 spiro atoms. The van der Waals surface area contributed by atoms with Gasteiger partial charge in [-0.1, -0.05) is 34.1 Å². The van der Waals surface area contributed by atoms with Crippen LogP contribution in [0.15, 0.2) is 53.0 Å². The summed E-state index contributed by atoms with van der Waals surface area (Å²) in [4.78, 5) is 4.23. The standard InChI is InChI=1S/C16H11BrFNO2/c17-11-5-6-15(14(18)8-11)21-16-13-4-2-1-3-10(13)7-12(9-20)19-16/h1-8,20H,9H2. The van der Waals surface area contributed by atoms with Crippen molar-refractivity contribution < 1.29 is 14.2 Å². The minimum absolute atomic E-state index is 0.0888. The quantitative estimate of drug-likeness (QED) is 0.762. The molecule has 0 bridgehead atoms. The Balaban J connectivity index is 2.10. The number of hydrogen-bond donors (Lipinski definition) is 1. The molecule has 1 N–H and O–H groups in total. The molecule has 0 saturated carbocycles. The van der Waals surface area contributed by atoms with Crippen molar-refractivity contribution in [2.24, 2.45) is 0 Å². The lowest BCUT2D eigenvalue weighted by Gasteiger charge is -2.10. The Hall–Kier alpha value is -1.98. The second-order valence-corrected chi connectivity index (χ2v) is 5.39. The normalized spacial score (nSPS) is 10.8. The van der Waals surface area contributed by atoms with Gasteiger partial charge in [-0.2, -0.15) is 0 Å². The molecule has 3 aromatic rings. The van der Waals surface area contributed by atoms with Gasteiger partial charge in [0.15, 0.2) is 11.6 Å². The summed E-state index contributed by atoms with van der Waals surface area (Å²) in [6.07, 6.45) is 0. The highest BCUT2D eigenvalue weighted by atomic mass is 79.9. The predicted molar refractivity (Wildman–Crippen MR) is 81.8 cm³/mol. The molecule has 3 rings (SSSR count). The average molecular weight is 348 g/mol. The molecule has 0 amide bonds. The van der Waals surface area contributed by atoms with Gasteiger partial charge in [-0.25, -0.2) is 9.37 Å². The topological polar surface area (TPSA) is 42.4 Å². The van der Waals surface area contributed by atoms with Gasteiger partial charge < -0.3 is 9.84 Å². The maximum atomic E-state index is 13.9. The number of nitrogens with zero attached hydrogens (tertiary/aromatic N) is 1. The van der Waals surface area contributed by atoms with Crippen LogP contribution in [0.4, 0.5) is 4.39 Å². The third kappa shape index (κ3) is 2.89. The fourth-order valence-corrected chi connectivity index (χ4v) is 2.37. The number of aliphatic hydroxyl groups excluding tert-OH is 1. The van der Waals surface area contributed by atoms with E-state index in [0.717, 1.165) is 10.8 Å². The van der Waals surface area contributed by atoms with Crippen LogP contribution in [0, 0.1) is 5.82 Å². The molecule has 1 heterocycles. The van der Waals surface area contributed by atoms with Crippen molar-refractivity contribution in [3.05, 3.63) is 64.5 Å². The maximum Gasteiger partial charge on any atom is 0.227 e. The van der Waals surface area contributed by atoms with E-state index in [-0.39, 0.29) is 18.2 Å².